The van der Waals surface area contributed by atoms with E-state index in [1.807, 2.05) is 0 Å². The molecule has 0 aliphatic heterocycles. The van der Waals surface area contributed by atoms with Crippen LogP contribution in [0.3, 0.4) is 0 Å². The van der Waals surface area contributed by atoms with Crippen molar-refractivity contribution in [3.63, 3.8) is 0 Å². The van der Waals surface area contributed by atoms with Gasteiger partial charge in [0.15, 0.2) is 0 Å². The molecule has 0 atom stereocenters. The maximum Gasteiger partial charge on any atom is 0.416 e. The van der Waals surface area contributed by atoms with Crippen LogP contribution in [0, 0.1) is 5.82 Å². The van der Waals surface area contributed by atoms with Gasteiger partial charge in [-0.3, -0.25) is 9.78 Å². The number of carbonyl (C=O) groups is 1. The van der Waals surface area contributed by atoms with Gasteiger partial charge in [0.2, 0.25) is 0 Å². The van der Waals surface area contributed by atoms with Crippen molar-refractivity contribution in [1.29, 1.82) is 0 Å². The van der Waals surface area contributed by atoms with Crippen molar-refractivity contribution in [2.75, 3.05) is 0 Å². The van der Waals surface area contributed by atoms with E-state index in [9.17, 15) is 22.4 Å². The molecule has 0 saturated carbocycles. The Bertz CT molecular complexity index is 683. The fraction of sp³-hybridized carbons (Fsp3) is 0.143. The van der Waals surface area contributed by atoms with E-state index in [0.29, 0.717) is 0 Å². The molecule has 0 bridgehead atoms. The summed E-state index contributed by atoms with van der Waals surface area (Å²) < 4.78 is 51.2. The van der Waals surface area contributed by atoms with Gasteiger partial charge < -0.3 is 5.11 Å². The fourth-order valence-corrected chi connectivity index (χ4v) is 1.88. The van der Waals surface area contributed by atoms with Gasteiger partial charge in [0, 0.05) is 5.56 Å². The molecule has 1 aromatic heterocycles. The van der Waals surface area contributed by atoms with E-state index in [2.05, 4.69) is 4.98 Å². The topological polar surface area (TPSA) is 50.2 Å². The van der Waals surface area contributed by atoms with Gasteiger partial charge in [0.1, 0.15) is 5.82 Å². The van der Waals surface area contributed by atoms with Crippen molar-refractivity contribution in [3.8, 4) is 11.3 Å². The Morgan fingerprint density at radius 3 is 2.57 bits per heavy atom. The molecule has 0 amide bonds. The molecule has 0 radical (unpaired) electrons. The Hall–Kier alpha value is -2.44. The summed E-state index contributed by atoms with van der Waals surface area (Å²) in [5, 5.41) is 8.78. The number of carboxylic acids is 1. The third-order valence-corrected chi connectivity index (χ3v) is 2.74. The van der Waals surface area contributed by atoms with Crippen LogP contribution in [-0.4, -0.2) is 16.1 Å². The number of aliphatic carboxylic acids is 1. The van der Waals surface area contributed by atoms with E-state index in [0.717, 1.165) is 24.4 Å². The molecule has 0 aliphatic carbocycles. The van der Waals surface area contributed by atoms with Crippen molar-refractivity contribution in [3.05, 3.63) is 53.5 Å². The summed E-state index contributed by atoms with van der Waals surface area (Å²) >= 11 is 0. The van der Waals surface area contributed by atoms with Crippen molar-refractivity contribution in [2.24, 2.45) is 0 Å². The summed E-state index contributed by atoms with van der Waals surface area (Å²) in [7, 11) is 0. The van der Waals surface area contributed by atoms with Crippen LogP contribution in [0.4, 0.5) is 17.6 Å². The fourth-order valence-electron chi connectivity index (χ4n) is 1.88. The third kappa shape index (κ3) is 3.56. The lowest BCUT2D eigenvalue weighted by Gasteiger charge is -2.11. The van der Waals surface area contributed by atoms with Crippen molar-refractivity contribution in [1.82, 2.24) is 4.98 Å². The van der Waals surface area contributed by atoms with Crippen LogP contribution in [0.1, 0.15) is 11.1 Å². The van der Waals surface area contributed by atoms with E-state index in [1.54, 1.807) is 0 Å². The van der Waals surface area contributed by atoms with Gasteiger partial charge in [-0.25, -0.2) is 4.39 Å². The summed E-state index contributed by atoms with van der Waals surface area (Å²) in [5.74, 6) is -1.97. The smallest absolute Gasteiger partial charge is 0.416 e. The number of pyridine rings is 1. The van der Waals surface area contributed by atoms with Gasteiger partial charge in [-0.15, -0.1) is 0 Å². The van der Waals surface area contributed by atoms with Crippen LogP contribution in [0.5, 0.6) is 0 Å². The second-order valence-electron chi connectivity index (χ2n) is 4.31. The maximum absolute atomic E-state index is 13.1. The zero-order valence-corrected chi connectivity index (χ0v) is 10.5. The van der Waals surface area contributed by atoms with Crippen LogP contribution in [0.15, 0.2) is 36.5 Å². The predicted octanol–water partition coefficient (Wildman–Crippen LogP) is 3.53. The first-order chi connectivity index (χ1) is 9.77. The zero-order chi connectivity index (χ0) is 15.6. The highest BCUT2D eigenvalue weighted by molar-refractivity contribution is 5.75. The number of rotatable bonds is 3. The van der Waals surface area contributed by atoms with E-state index in [4.69, 9.17) is 5.11 Å². The summed E-state index contributed by atoms with van der Waals surface area (Å²) in [4.78, 5) is 14.5. The summed E-state index contributed by atoms with van der Waals surface area (Å²) in [6, 6.07) is 5.25. The lowest BCUT2D eigenvalue weighted by atomic mass is 10.0. The van der Waals surface area contributed by atoms with Gasteiger partial charge >= 0.3 is 12.1 Å². The first-order valence-electron chi connectivity index (χ1n) is 5.81. The van der Waals surface area contributed by atoms with E-state index in [-0.39, 0.29) is 16.8 Å². The van der Waals surface area contributed by atoms with E-state index < -0.39 is 29.9 Å². The first-order valence-corrected chi connectivity index (χ1v) is 5.81. The average Bonchev–Trinajstić information content (AvgIpc) is 2.37. The minimum Gasteiger partial charge on any atom is -0.481 e. The number of alkyl halides is 3. The summed E-state index contributed by atoms with van der Waals surface area (Å²) in [5.41, 5.74) is -0.764. The van der Waals surface area contributed by atoms with Crippen molar-refractivity contribution < 1.29 is 27.5 Å². The number of benzene rings is 1. The molecule has 0 saturated heterocycles. The highest BCUT2D eigenvalue weighted by atomic mass is 19.4. The highest BCUT2D eigenvalue weighted by Crippen LogP contribution is 2.32. The Balaban J connectivity index is 2.54. The van der Waals surface area contributed by atoms with Crippen LogP contribution in [0.25, 0.3) is 11.3 Å². The summed E-state index contributed by atoms with van der Waals surface area (Å²) in [6.07, 6.45) is -4.22. The molecule has 1 heterocycles. The van der Waals surface area contributed by atoms with Crippen LogP contribution in [-0.2, 0) is 17.4 Å². The van der Waals surface area contributed by atoms with E-state index >= 15 is 0 Å². The molecule has 1 aromatic carbocycles. The van der Waals surface area contributed by atoms with Crippen LogP contribution < -0.4 is 0 Å². The largest absolute Gasteiger partial charge is 0.481 e. The first kappa shape index (κ1) is 15.0. The molecule has 21 heavy (non-hydrogen) atoms. The molecule has 2 rings (SSSR count). The zero-order valence-electron chi connectivity index (χ0n) is 10.5. The quantitative estimate of drug-likeness (QED) is 0.882. The Labute approximate surface area is 116 Å². The number of nitrogens with zero attached hydrogens (tertiary/aromatic N) is 1. The minimum atomic E-state index is -4.52. The lowest BCUT2D eigenvalue weighted by Crippen LogP contribution is -2.06. The molecule has 110 valence electrons. The SMILES string of the molecule is O=C(O)Cc1cc(F)cnc1-c1cccc(C(F)(F)F)c1. The standard InChI is InChI=1S/C14H9F4NO2/c15-11-5-9(6-12(20)21)13(19-7-11)8-2-1-3-10(4-8)14(16,17)18/h1-5,7H,6H2,(H,20,21). The monoisotopic (exact) mass is 299 g/mol. The number of halogens is 4. The highest BCUT2D eigenvalue weighted by Gasteiger charge is 2.30. The lowest BCUT2D eigenvalue weighted by molar-refractivity contribution is -0.138. The van der Waals surface area contributed by atoms with Gasteiger partial charge in [-0.2, -0.15) is 13.2 Å². The number of aromatic nitrogens is 1. The Kier molecular flexibility index (Phi) is 3.93. The van der Waals surface area contributed by atoms with Gasteiger partial charge in [0.25, 0.3) is 0 Å². The van der Waals surface area contributed by atoms with Crippen LogP contribution in [0.2, 0.25) is 0 Å². The predicted molar refractivity (Wildman–Crippen MR) is 66.0 cm³/mol. The number of carboxylic acid groups (broad SMARTS) is 1. The van der Waals surface area contributed by atoms with Gasteiger partial charge in [-0.1, -0.05) is 12.1 Å². The molecule has 0 unspecified atom stereocenters. The van der Waals surface area contributed by atoms with Crippen molar-refractivity contribution >= 4 is 5.97 Å². The molecule has 2 aromatic rings. The molecule has 0 fully saturated rings. The molecular weight excluding hydrogens is 290 g/mol. The molecule has 7 heteroatoms. The number of hydrogen-bond acceptors (Lipinski definition) is 2. The molecule has 3 nitrogen and oxygen atoms in total. The molecule has 0 aliphatic rings. The minimum absolute atomic E-state index is 0.0156. The van der Waals surface area contributed by atoms with Crippen molar-refractivity contribution in [2.45, 2.75) is 12.6 Å². The second kappa shape index (κ2) is 5.51. The number of hydrogen-bond donors (Lipinski definition) is 1. The molecule has 0 spiro atoms. The van der Waals surface area contributed by atoms with Gasteiger partial charge in [-0.05, 0) is 23.8 Å². The average molecular weight is 299 g/mol. The summed E-state index contributed by atoms with van der Waals surface area (Å²) in [6.45, 7) is 0. The van der Waals surface area contributed by atoms with Gasteiger partial charge in [0.05, 0.1) is 23.9 Å². The van der Waals surface area contributed by atoms with Crippen LogP contribution >= 0.6 is 0 Å². The normalized spacial score (nSPS) is 11.4. The molecular formula is C14H9F4NO2. The molecule has 1 N–H and O–H groups in total. The maximum atomic E-state index is 13.1. The Morgan fingerprint density at radius 2 is 1.95 bits per heavy atom. The Morgan fingerprint density at radius 1 is 1.24 bits per heavy atom. The third-order valence-electron chi connectivity index (χ3n) is 2.74. The van der Waals surface area contributed by atoms with E-state index in [1.165, 1.54) is 12.1 Å². The second-order valence-corrected chi connectivity index (χ2v) is 4.31.